The van der Waals surface area contributed by atoms with Gasteiger partial charge in [-0.3, -0.25) is 0 Å². The van der Waals surface area contributed by atoms with Crippen molar-refractivity contribution in [3.63, 3.8) is 0 Å². The van der Waals surface area contributed by atoms with Gasteiger partial charge in [-0.05, 0) is 98.7 Å². The number of halogens is 1. The zero-order valence-electron chi connectivity index (χ0n) is 14.7. The van der Waals surface area contributed by atoms with Gasteiger partial charge in [-0.25, -0.2) is 0 Å². The molecule has 0 aromatic carbocycles. The second-order valence-electron chi connectivity index (χ2n) is 10.5. The number of hydrogen-bond acceptors (Lipinski definition) is 0. The van der Waals surface area contributed by atoms with Crippen LogP contribution in [0.25, 0.3) is 0 Å². The maximum Gasteiger partial charge on any atom is 0.0303 e. The molecule has 7 atom stereocenters. The molecule has 5 fully saturated rings. The van der Waals surface area contributed by atoms with Gasteiger partial charge in [0.1, 0.15) is 0 Å². The van der Waals surface area contributed by atoms with Gasteiger partial charge in [-0.15, -0.1) is 0 Å². The van der Waals surface area contributed by atoms with Crippen molar-refractivity contribution in [3.05, 3.63) is 24.3 Å². The van der Waals surface area contributed by atoms with E-state index in [0.29, 0.717) is 15.2 Å². The standard InChI is InChI=1S/C22H31Br/c1-14-4-16-7-19-18(6-14)12-22(19,11-16)20(3)9-17-5-15(2)8-21(23,10-17)13-20/h16-19H,1-2,4-13H2,3H3. The van der Waals surface area contributed by atoms with Gasteiger partial charge in [0.15, 0.2) is 0 Å². The Morgan fingerprint density at radius 3 is 2.52 bits per heavy atom. The Bertz CT molecular complexity index is 585. The molecule has 0 spiro atoms. The topological polar surface area (TPSA) is 0 Å². The van der Waals surface area contributed by atoms with Crippen molar-refractivity contribution < 1.29 is 0 Å². The van der Waals surface area contributed by atoms with Crippen molar-refractivity contribution in [2.75, 3.05) is 0 Å². The fourth-order valence-electron chi connectivity index (χ4n) is 8.49. The molecular formula is C22H31Br. The van der Waals surface area contributed by atoms with Gasteiger partial charge >= 0.3 is 0 Å². The Hall–Kier alpha value is -0.0400. The van der Waals surface area contributed by atoms with Crippen molar-refractivity contribution in [1.82, 2.24) is 0 Å². The molecule has 0 aliphatic heterocycles. The third kappa shape index (κ3) is 2.01. The molecule has 1 heteroatoms. The molecule has 0 amide bonds. The Morgan fingerprint density at radius 1 is 0.957 bits per heavy atom. The minimum atomic E-state index is 0.371. The molecule has 0 aromatic heterocycles. The smallest absolute Gasteiger partial charge is 0.0303 e. The molecule has 5 aliphatic rings. The molecule has 4 bridgehead atoms. The maximum atomic E-state index is 4.37. The maximum absolute atomic E-state index is 4.37. The van der Waals surface area contributed by atoms with Crippen molar-refractivity contribution in [2.24, 2.45) is 34.5 Å². The molecule has 0 N–H and O–H groups in total. The van der Waals surface area contributed by atoms with Crippen molar-refractivity contribution >= 4 is 15.9 Å². The van der Waals surface area contributed by atoms with Crippen LogP contribution in [0.15, 0.2) is 24.3 Å². The molecule has 126 valence electrons. The fraction of sp³-hybridized carbons (Fsp3) is 0.818. The molecule has 5 saturated carbocycles. The summed E-state index contributed by atoms with van der Waals surface area (Å²) in [6.07, 6.45) is 14.0. The van der Waals surface area contributed by atoms with E-state index in [1.165, 1.54) is 69.8 Å². The summed E-state index contributed by atoms with van der Waals surface area (Å²) in [6.45, 7) is 11.4. The highest BCUT2D eigenvalue weighted by Crippen LogP contribution is 2.77. The lowest BCUT2D eigenvalue weighted by Gasteiger charge is -2.66. The predicted octanol–water partition coefficient (Wildman–Crippen LogP) is 6.66. The molecule has 0 saturated heterocycles. The molecule has 0 radical (unpaired) electrons. The normalized spacial score (nSPS) is 57.8. The van der Waals surface area contributed by atoms with Crippen LogP contribution in [0.3, 0.4) is 0 Å². The average molecular weight is 375 g/mol. The first-order chi connectivity index (χ1) is 10.8. The minimum absolute atomic E-state index is 0.371. The van der Waals surface area contributed by atoms with E-state index >= 15 is 0 Å². The third-order valence-corrected chi connectivity index (χ3v) is 9.60. The Morgan fingerprint density at radius 2 is 1.74 bits per heavy atom. The lowest BCUT2D eigenvalue weighted by atomic mass is 9.39. The van der Waals surface area contributed by atoms with Crippen LogP contribution in [0.4, 0.5) is 0 Å². The number of alkyl halides is 1. The first-order valence-corrected chi connectivity index (χ1v) is 10.6. The highest BCUT2D eigenvalue weighted by Gasteiger charge is 2.68. The van der Waals surface area contributed by atoms with Crippen LogP contribution in [-0.2, 0) is 0 Å². The van der Waals surface area contributed by atoms with Crippen molar-refractivity contribution in [3.8, 4) is 0 Å². The number of hydrogen-bond donors (Lipinski definition) is 0. The average Bonchev–Trinajstić information content (AvgIpc) is 2.58. The first-order valence-electron chi connectivity index (χ1n) is 9.83. The van der Waals surface area contributed by atoms with E-state index in [4.69, 9.17) is 0 Å². The quantitative estimate of drug-likeness (QED) is 0.355. The van der Waals surface area contributed by atoms with Crippen LogP contribution in [0.2, 0.25) is 0 Å². The van der Waals surface area contributed by atoms with Gasteiger partial charge in [0, 0.05) is 4.32 Å². The third-order valence-electron chi connectivity index (χ3n) is 8.72. The number of rotatable bonds is 1. The lowest BCUT2D eigenvalue weighted by Crippen LogP contribution is -2.59. The van der Waals surface area contributed by atoms with E-state index in [0.717, 1.165) is 23.7 Å². The van der Waals surface area contributed by atoms with Crippen LogP contribution in [-0.4, -0.2) is 4.32 Å². The second kappa shape index (κ2) is 4.57. The Balaban J connectivity index is 1.48. The predicted molar refractivity (Wildman–Crippen MR) is 101 cm³/mol. The summed E-state index contributed by atoms with van der Waals surface area (Å²) in [5.74, 6) is 3.85. The summed E-state index contributed by atoms with van der Waals surface area (Å²) in [5, 5.41) is 0. The fourth-order valence-corrected chi connectivity index (χ4v) is 9.97. The molecule has 0 aromatic rings. The van der Waals surface area contributed by atoms with Crippen LogP contribution in [0.5, 0.6) is 0 Å². The molecule has 0 heterocycles. The van der Waals surface area contributed by atoms with E-state index in [-0.39, 0.29) is 0 Å². The van der Waals surface area contributed by atoms with Gasteiger partial charge in [0.05, 0.1) is 0 Å². The van der Waals surface area contributed by atoms with Gasteiger partial charge in [0.2, 0.25) is 0 Å². The van der Waals surface area contributed by atoms with Gasteiger partial charge in [-0.1, -0.05) is 47.2 Å². The first kappa shape index (κ1) is 15.2. The van der Waals surface area contributed by atoms with Gasteiger partial charge in [0.25, 0.3) is 0 Å². The monoisotopic (exact) mass is 374 g/mol. The van der Waals surface area contributed by atoms with Crippen LogP contribution >= 0.6 is 15.9 Å². The zero-order chi connectivity index (χ0) is 16.0. The summed E-state index contributed by atoms with van der Waals surface area (Å²) in [7, 11) is 0. The van der Waals surface area contributed by atoms with Crippen molar-refractivity contribution in [1.29, 1.82) is 0 Å². The van der Waals surface area contributed by atoms with Crippen LogP contribution in [0.1, 0.15) is 71.1 Å². The van der Waals surface area contributed by atoms with E-state index in [1.807, 2.05) is 0 Å². The number of fused-ring (bicyclic) bond motifs is 3. The molecule has 5 aliphatic carbocycles. The highest BCUT2D eigenvalue weighted by atomic mass is 79.9. The van der Waals surface area contributed by atoms with Crippen LogP contribution < -0.4 is 0 Å². The summed E-state index contributed by atoms with van der Waals surface area (Å²) in [5.41, 5.74) is 4.31. The van der Waals surface area contributed by atoms with Crippen LogP contribution in [0, 0.1) is 34.5 Å². The van der Waals surface area contributed by atoms with E-state index < -0.39 is 0 Å². The van der Waals surface area contributed by atoms with Gasteiger partial charge in [-0.2, -0.15) is 0 Å². The molecule has 7 unspecified atom stereocenters. The highest BCUT2D eigenvalue weighted by molar-refractivity contribution is 9.10. The van der Waals surface area contributed by atoms with Crippen molar-refractivity contribution in [2.45, 2.75) is 75.5 Å². The SMILES string of the molecule is C=C1CC2CC3C(C1)CC3(C1(C)CC3CC(=C)CC(Br)(C3)C1)C2. The number of allylic oxidation sites excluding steroid dienone is 2. The zero-order valence-corrected chi connectivity index (χ0v) is 16.3. The van der Waals surface area contributed by atoms with E-state index in [2.05, 4.69) is 36.0 Å². The second-order valence-corrected chi connectivity index (χ2v) is 12.2. The Labute approximate surface area is 150 Å². The van der Waals surface area contributed by atoms with E-state index in [1.54, 1.807) is 5.57 Å². The summed E-state index contributed by atoms with van der Waals surface area (Å²) in [6, 6.07) is 0. The minimum Gasteiger partial charge on any atom is -0.0998 e. The largest absolute Gasteiger partial charge is 0.0998 e. The lowest BCUT2D eigenvalue weighted by molar-refractivity contribution is -0.149. The Kier molecular flexibility index (Phi) is 3.02. The molecule has 23 heavy (non-hydrogen) atoms. The summed E-state index contributed by atoms with van der Waals surface area (Å²) in [4.78, 5) is 0. The molecular weight excluding hydrogens is 344 g/mol. The molecule has 5 rings (SSSR count). The molecule has 0 nitrogen and oxygen atoms in total. The summed E-state index contributed by atoms with van der Waals surface area (Å²) < 4.78 is 0.371. The van der Waals surface area contributed by atoms with Gasteiger partial charge < -0.3 is 0 Å². The van der Waals surface area contributed by atoms with E-state index in [9.17, 15) is 0 Å². The summed E-state index contributed by atoms with van der Waals surface area (Å²) >= 11 is 4.21.